The Morgan fingerprint density at radius 1 is 0.880 bits per heavy atom. The number of amides is 1. The molecule has 1 N–H and O–H groups in total. The second kappa shape index (κ2) is 8.54. The molecule has 0 fully saturated rings. The van der Waals surface area contributed by atoms with Gasteiger partial charge in [0, 0.05) is 11.3 Å². The molecular weight excluding hydrogens is 322 g/mol. The van der Waals surface area contributed by atoms with E-state index in [1.807, 2.05) is 0 Å². The third-order valence-electron chi connectivity index (χ3n) is 3.32. The van der Waals surface area contributed by atoms with Crippen LogP contribution in [-0.2, 0) is 14.3 Å². The van der Waals surface area contributed by atoms with Crippen LogP contribution in [0.4, 0.5) is 5.69 Å². The van der Waals surface area contributed by atoms with Crippen LogP contribution in [0.2, 0.25) is 0 Å². The van der Waals surface area contributed by atoms with Crippen molar-refractivity contribution < 1.29 is 23.9 Å². The predicted molar refractivity (Wildman–Crippen MR) is 91.4 cm³/mol. The standard InChI is InChI=1S/C19H17NO5/c1-2-25-19(24)14-8-10-15(11-9-14)20-18(23)17(22)12-16(21)13-6-4-3-5-7-13/h3-11H,2,12H2,1H3,(H,20,23). The minimum absolute atomic E-state index is 0.265. The van der Waals surface area contributed by atoms with Crippen molar-refractivity contribution in [2.24, 2.45) is 0 Å². The molecule has 0 saturated heterocycles. The van der Waals surface area contributed by atoms with E-state index in [0.717, 1.165) is 0 Å². The highest BCUT2D eigenvalue weighted by molar-refractivity contribution is 6.44. The lowest BCUT2D eigenvalue weighted by Gasteiger charge is -2.06. The summed E-state index contributed by atoms with van der Waals surface area (Å²) >= 11 is 0. The lowest BCUT2D eigenvalue weighted by atomic mass is 10.1. The first-order valence-electron chi connectivity index (χ1n) is 7.71. The molecule has 0 atom stereocenters. The number of carbonyl (C=O) groups excluding carboxylic acids is 4. The number of ether oxygens (including phenoxy) is 1. The molecule has 0 saturated carbocycles. The fourth-order valence-corrected chi connectivity index (χ4v) is 2.06. The molecule has 2 aromatic carbocycles. The molecule has 0 aromatic heterocycles. The Labute approximate surface area is 144 Å². The van der Waals surface area contributed by atoms with E-state index in [1.54, 1.807) is 37.3 Å². The normalized spacial score (nSPS) is 9.96. The van der Waals surface area contributed by atoms with Crippen LogP contribution in [-0.4, -0.2) is 30.0 Å². The fourth-order valence-electron chi connectivity index (χ4n) is 2.06. The number of esters is 1. The number of carbonyl (C=O) groups is 4. The Bertz CT molecular complexity index is 781. The van der Waals surface area contributed by atoms with Crippen molar-refractivity contribution in [3.05, 3.63) is 65.7 Å². The molecule has 0 aliphatic rings. The predicted octanol–water partition coefficient (Wildman–Crippen LogP) is 2.64. The highest BCUT2D eigenvalue weighted by Crippen LogP contribution is 2.11. The van der Waals surface area contributed by atoms with E-state index in [-0.39, 0.29) is 6.61 Å². The van der Waals surface area contributed by atoms with Gasteiger partial charge in [0.2, 0.25) is 5.78 Å². The number of nitrogens with one attached hydrogen (secondary N) is 1. The molecule has 25 heavy (non-hydrogen) atoms. The van der Waals surface area contributed by atoms with E-state index in [2.05, 4.69) is 5.32 Å². The summed E-state index contributed by atoms with van der Waals surface area (Å²) in [4.78, 5) is 47.3. The second-order valence-electron chi connectivity index (χ2n) is 5.14. The zero-order valence-electron chi connectivity index (χ0n) is 13.7. The zero-order chi connectivity index (χ0) is 18.2. The van der Waals surface area contributed by atoms with Gasteiger partial charge in [-0.25, -0.2) is 4.79 Å². The Hall–Kier alpha value is -3.28. The maximum atomic E-state index is 11.9. The lowest BCUT2D eigenvalue weighted by molar-refractivity contribution is -0.134. The van der Waals surface area contributed by atoms with Crippen LogP contribution in [0.5, 0.6) is 0 Å². The van der Waals surface area contributed by atoms with E-state index >= 15 is 0 Å². The summed E-state index contributed by atoms with van der Waals surface area (Å²) in [5.74, 6) is -2.60. The fraction of sp³-hybridized carbons (Fsp3) is 0.158. The van der Waals surface area contributed by atoms with Crippen LogP contribution in [0.25, 0.3) is 0 Å². The number of rotatable bonds is 7. The Balaban J connectivity index is 1.93. The van der Waals surface area contributed by atoms with Gasteiger partial charge in [0.15, 0.2) is 5.78 Å². The zero-order valence-corrected chi connectivity index (χ0v) is 13.7. The molecule has 6 heteroatoms. The van der Waals surface area contributed by atoms with Crippen LogP contribution < -0.4 is 5.32 Å². The van der Waals surface area contributed by atoms with Gasteiger partial charge < -0.3 is 10.1 Å². The van der Waals surface area contributed by atoms with Gasteiger partial charge in [-0.15, -0.1) is 0 Å². The summed E-state index contributed by atoms with van der Waals surface area (Å²) in [5.41, 5.74) is 1.06. The summed E-state index contributed by atoms with van der Waals surface area (Å²) in [6, 6.07) is 14.2. The molecule has 1 amide bonds. The number of ketones is 2. The first-order valence-corrected chi connectivity index (χ1v) is 7.71. The first-order chi connectivity index (χ1) is 12.0. The van der Waals surface area contributed by atoms with Crippen LogP contribution in [0, 0.1) is 0 Å². The van der Waals surface area contributed by atoms with Gasteiger partial charge >= 0.3 is 5.97 Å². The van der Waals surface area contributed by atoms with Crippen molar-refractivity contribution in [3.63, 3.8) is 0 Å². The number of anilines is 1. The van der Waals surface area contributed by atoms with E-state index in [9.17, 15) is 19.2 Å². The average molecular weight is 339 g/mol. The van der Waals surface area contributed by atoms with Crippen molar-refractivity contribution in [2.45, 2.75) is 13.3 Å². The van der Waals surface area contributed by atoms with E-state index in [1.165, 1.54) is 24.3 Å². The average Bonchev–Trinajstić information content (AvgIpc) is 2.63. The van der Waals surface area contributed by atoms with Gasteiger partial charge in [-0.05, 0) is 31.2 Å². The van der Waals surface area contributed by atoms with E-state index < -0.39 is 29.9 Å². The highest BCUT2D eigenvalue weighted by atomic mass is 16.5. The van der Waals surface area contributed by atoms with Crippen molar-refractivity contribution in [2.75, 3.05) is 11.9 Å². The molecule has 128 valence electrons. The molecule has 0 aliphatic carbocycles. The summed E-state index contributed by atoms with van der Waals surface area (Å²) in [5, 5.41) is 2.40. The number of hydrogen-bond donors (Lipinski definition) is 1. The lowest BCUT2D eigenvalue weighted by Crippen LogP contribution is -2.25. The molecule has 0 radical (unpaired) electrons. The van der Waals surface area contributed by atoms with Gasteiger partial charge in [-0.2, -0.15) is 0 Å². The summed E-state index contributed by atoms with van der Waals surface area (Å²) in [6.45, 7) is 1.97. The second-order valence-corrected chi connectivity index (χ2v) is 5.14. The smallest absolute Gasteiger partial charge is 0.338 e. The Kier molecular flexibility index (Phi) is 6.17. The van der Waals surface area contributed by atoms with Gasteiger partial charge in [0.05, 0.1) is 18.6 Å². The topological polar surface area (TPSA) is 89.5 Å². The van der Waals surface area contributed by atoms with Crippen molar-refractivity contribution >= 4 is 29.1 Å². The highest BCUT2D eigenvalue weighted by Gasteiger charge is 2.19. The third-order valence-corrected chi connectivity index (χ3v) is 3.32. The van der Waals surface area contributed by atoms with Gasteiger partial charge in [-0.3, -0.25) is 14.4 Å². The van der Waals surface area contributed by atoms with Crippen LogP contribution in [0.1, 0.15) is 34.1 Å². The van der Waals surface area contributed by atoms with Crippen molar-refractivity contribution in [1.82, 2.24) is 0 Å². The molecule has 0 spiro atoms. The maximum absolute atomic E-state index is 11.9. The molecule has 2 aromatic rings. The van der Waals surface area contributed by atoms with Gasteiger partial charge in [0.25, 0.3) is 5.91 Å². The molecule has 0 unspecified atom stereocenters. The van der Waals surface area contributed by atoms with Gasteiger partial charge in [-0.1, -0.05) is 30.3 Å². The molecule has 0 bridgehead atoms. The number of Topliss-reactive ketones (excluding diaryl/α,β-unsaturated/α-hetero) is 2. The maximum Gasteiger partial charge on any atom is 0.338 e. The molecular formula is C19H17NO5. The number of benzene rings is 2. The SMILES string of the molecule is CCOC(=O)c1ccc(NC(=O)C(=O)CC(=O)c2ccccc2)cc1. The quantitative estimate of drug-likeness (QED) is 0.362. The van der Waals surface area contributed by atoms with E-state index in [4.69, 9.17) is 4.74 Å². The number of hydrogen-bond acceptors (Lipinski definition) is 5. The summed E-state index contributed by atoms with van der Waals surface area (Å²) in [6.07, 6.45) is -0.503. The van der Waals surface area contributed by atoms with E-state index in [0.29, 0.717) is 16.8 Å². The summed E-state index contributed by atoms with van der Waals surface area (Å²) in [7, 11) is 0. The van der Waals surface area contributed by atoms with Crippen LogP contribution in [0.15, 0.2) is 54.6 Å². The summed E-state index contributed by atoms with van der Waals surface area (Å²) < 4.78 is 4.86. The minimum atomic E-state index is -0.881. The minimum Gasteiger partial charge on any atom is -0.462 e. The first kappa shape index (κ1) is 18.1. The Morgan fingerprint density at radius 3 is 2.12 bits per heavy atom. The molecule has 0 aliphatic heterocycles. The van der Waals surface area contributed by atoms with Crippen LogP contribution in [0.3, 0.4) is 0 Å². The largest absolute Gasteiger partial charge is 0.462 e. The third kappa shape index (κ3) is 5.10. The monoisotopic (exact) mass is 339 g/mol. The van der Waals surface area contributed by atoms with Crippen molar-refractivity contribution in [3.8, 4) is 0 Å². The molecule has 6 nitrogen and oxygen atoms in total. The molecule has 2 rings (SSSR count). The Morgan fingerprint density at radius 2 is 1.52 bits per heavy atom. The van der Waals surface area contributed by atoms with Gasteiger partial charge in [0.1, 0.15) is 0 Å². The van der Waals surface area contributed by atoms with Crippen molar-refractivity contribution in [1.29, 1.82) is 0 Å². The molecule has 0 heterocycles. The van der Waals surface area contributed by atoms with Crippen LogP contribution >= 0.6 is 0 Å².